The van der Waals surface area contributed by atoms with E-state index in [0.29, 0.717) is 17.9 Å². The van der Waals surface area contributed by atoms with Crippen LogP contribution in [0.4, 0.5) is 0 Å². The van der Waals surface area contributed by atoms with E-state index in [4.69, 9.17) is 0 Å². The van der Waals surface area contributed by atoms with E-state index in [1.807, 2.05) is 47.4 Å². The molecule has 1 atom stereocenters. The first kappa shape index (κ1) is 23.4. The van der Waals surface area contributed by atoms with Crippen molar-refractivity contribution in [3.63, 3.8) is 0 Å². The van der Waals surface area contributed by atoms with Crippen molar-refractivity contribution < 1.29 is 9.59 Å². The molecular weight excluding hydrogens is 406 g/mol. The molecule has 5 nitrogen and oxygen atoms in total. The molecule has 1 heterocycles. The number of likely N-dealkylation sites (N-methyl/N-ethyl adjacent to an activating group) is 1. The summed E-state index contributed by atoms with van der Waals surface area (Å²) in [6, 6.07) is 18.0. The zero-order valence-corrected chi connectivity index (χ0v) is 19.4. The first-order valence-corrected chi connectivity index (χ1v) is 12.2. The van der Waals surface area contributed by atoms with E-state index in [2.05, 4.69) is 36.2 Å². The summed E-state index contributed by atoms with van der Waals surface area (Å²) in [6.07, 6.45) is 2.18. The fourth-order valence-electron chi connectivity index (χ4n) is 4.06. The standard InChI is InChI=1S/C25H33N3O2S/c1-3-27(4-2)22(20-12-6-5-7-13-20)18-26-25(30)21-14-8-9-15-23(21)31-19-24(29)28-16-10-11-17-28/h5-9,12-15,22H,3-4,10-11,16-19H2,1-2H3,(H,26,30)/t22-/m1/s1. The third kappa shape index (κ3) is 6.34. The Balaban J connectivity index is 1.65. The van der Waals surface area contributed by atoms with Gasteiger partial charge in [0.2, 0.25) is 5.91 Å². The monoisotopic (exact) mass is 439 g/mol. The Bertz CT molecular complexity index is 849. The Labute approximate surface area is 190 Å². The molecule has 2 aromatic carbocycles. The Kier molecular flexibility index (Phi) is 8.98. The van der Waals surface area contributed by atoms with E-state index in [-0.39, 0.29) is 17.9 Å². The molecule has 1 fully saturated rings. The number of carbonyl (C=O) groups is 2. The molecule has 0 aromatic heterocycles. The van der Waals surface area contributed by atoms with Gasteiger partial charge in [-0.1, -0.05) is 56.3 Å². The van der Waals surface area contributed by atoms with Crippen LogP contribution in [0.25, 0.3) is 0 Å². The summed E-state index contributed by atoms with van der Waals surface area (Å²) in [5, 5.41) is 3.14. The van der Waals surface area contributed by atoms with E-state index in [1.54, 1.807) is 0 Å². The van der Waals surface area contributed by atoms with Gasteiger partial charge in [-0.3, -0.25) is 14.5 Å². The van der Waals surface area contributed by atoms with Crippen LogP contribution in [0.2, 0.25) is 0 Å². The molecule has 1 aliphatic heterocycles. The van der Waals surface area contributed by atoms with Crippen molar-refractivity contribution >= 4 is 23.6 Å². The average molecular weight is 440 g/mol. The van der Waals surface area contributed by atoms with Crippen molar-refractivity contribution in [1.82, 2.24) is 15.1 Å². The lowest BCUT2D eigenvalue weighted by Gasteiger charge is -2.30. The topological polar surface area (TPSA) is 52.7 Å². The second-order valence-electron chi connectivity index (χ2n) is 7.73. The second-order valence-corrected chi connectivity index (χ2v) is 8.75. The normalized spacial score (nSPS) is 14.6. The number of nitrogens with one attached hydrogen (secondary N) is 1. The van der Waals surface area contributed by atoms with Gasteiger partial charge in [0.1, 0.15) is 0 Å². The number of carbonyl (C=O) groups excluding carboxylic acids is 2. The number of thioether (sulfide) groups is 1. The minimum absolute atomic E-state index is 0.0928. The molecule has 1 aliphatic rings. The van der Waals surface area contributed by atoms with Crippen LogP contribution in [0.5, 0.6) is 0 Å². The van der Waals surface area contributed by atoms with Crippen LogP contribution in [-0.2, 0) is 4.79 Å². The Morgan fingerprint density at radius 1 is 1.00 bits per heavy atom. The maximum absolute atomic E-state index is 13.1. The SMILES string of the molecule is CCN(CC)[C@H](CNC(=O)c1ccccc1SCC(=O)N1CCCC1)c1ccccc1. The summed E-state index contributed by atoms with van der Waals surface area (Å²) < 4.78 is 0. The van der Waals surface area contributed by atoms with Gasteiger partial charge in [0, 0.05) is 24.5 Å². The number of benzene rings is 2. The van der Waals surface area contributed by atoms with Gasteiger partial charge < -0.3 is 10.2 Å². The zero-order chi connectivity index (χ0) is 22.1. The minimum atomic E-state index is -0.0928. The number of hydrogen-bond acceptors (Lipinski definition) is 4. The van der Waals surface area contributed by atoms with E-state index in [1.165, 1.54) is 17.3 Å². The van der Waals surface area contributed by atoms with Crippen molar-refractivity contribution in [3.05, 3.63) is 65.7 Å². The predicted octanol–water partition coefficient (Wildman–Crippen LogP) is 4.21. The summed E-state index contributed by atoms with van der Waals surface area (Å²) in [5.74, 6) is 0.435. The first-order chi connectivity index (χ1) is 15.1. The summed E-state index contributed by atoms with van der Waals surface area (Å²) in [6.45, 7) is 8.36. The van der Waals surface area contributed by atoms with Gasteiger partial charge in [-0.2, -0.15) is 0 Å². The number of amides is 2. The molecule has 1 N–H and O–H groups in total. The highest BCUT2D eigenvalue weighted by atomic mass is 32.2. The lowest BCUT2D eigenvalue weighted by molar-refractivity contribution is -0.127. The highest BCUT2D eigenvalue weighted by molar-refractivity contribution is 8.00. The molecule has 0 bridgehead atoms. The van der Waals surface area contributed by atoms with Crippen molar-refractivity contribution in [2.75, 3.05) is 38.5 Å². The molecule has 6 heteroatoms. The van der Waals surface area contributed by atoms with Crippen molar-refractivity contribution in [3.8, 4) is 0 Å². The highest BCUT2D eigenvalue weighted by Crippen LogP contribution is 2.25. The van der Waals surface area contributed by atoms with Crippen LogP contribution in [0.15, 0.2) is 59.5 Å². The molecule has 1 saturated heterocycles. The predicted molar refractivity (Wildman–Crippen MR) is 127 cm³/mol. The largest absolute Gasteiger partial charge is 0.350 e. The molecule has 166 valence electrons. The second kappa shape index (κ2) is 11.9. The van der Waals surface area contributed by atoms with Gasteiger partial charge in [0.05, 0.1) is 17.4 Å². The molecule has 3 rings (SSSR count). The van der Waals surface area contributed by atoms with Crippen molar-refractivity contribution in [2.45, 2.75) is 37.6 Å². The van der Waals surface area contributed by atoms with Gasteiger partial charge in [0.25, 0.3) is 5.91 Å². The zero-order valence-electron chi connectivity index (χ0n) is 18.5. The summed E-state index contributed by atoms with van der Waals surface area (Å²) in [5.41, 5.74) is 1.83. The van der Waals surface area contributed by atoms with Gasteiger partial charge in [-0.05, 0) is 43.6 Å². The summed E-state index contributed by atoms with van der Waals surface area (Å²) >= 11 is 1.45. The fraction of sp³-hybridized carbons (Fsp3) is 0.440. The molecule has 0 spiro atoms. The summed E-state index contributed by atoms with van der Waals surface area (Å²) in [4.78, 5) is 30.6. The third-order valence-electron chi connectivity index (χ3n) is 5.84. The number of likely N-dealkylation sites (tertiary alicyclic amines) is 1. The maximum atomic E-state index is 13.1. The van der Waals surface area contributed by atoms with Gasteiger partial charge >= 0.3 is 0 Å². The summed E-state index contributed by atoms with van der Waals surface area (Å²) in [7, 11) is 0. The Morgan fingerprint density at radius 2 is 1.65 bits per heavy atom. The first-order valence-electron chi connectivity index (χ1n) is 11.2. The number of hydrogen-bond donors (Lipinski definition) is 1. The van der Waals surface area contributed by atoms with E-state index in [0.717, 1.165) is 43.9 Å². The van der Waals surface area contributed by atoms with Crippen molar-refractivity contribution in [1.29, 1.82) is 0 Å². The van der Waals surface area contributed by atoms with Crippen LogP contribution < -0.4 is 5.32 Å². The lowest BCUT2D eigenvalue weighted by atomic mass is 10.0. The minimum Gasteiger partial charge on any atom is -0.350 e. The molecular formula is C25H33N3O2S. The molecule has 0 radical (unpaired) electrons. The average Bonchev–Trinajstić information content (AvgIpc) is 3.36. The van der Waals surface area contributed by atoms with Crippen LogP contribution in [0.1, 0.15) is 48.7 Å². The molecule has 0 saturated carbocycles. The van der Waals surface area contributed by atoms with Gasteiger partial charge in [-0.25, -0.2) is 0 Å². The Hall–Kier alpha value is -2.31. The molecule has 2 aromatic rings. The quantitative estimate of drug-likeness (QED) is 0.564. The van der Waals surface area contributed by atoms with Gasteiger partial charge in [-0.15, -0.1) is 11.8 Å². The maximum Gasteiger partial charge on any atom is 0.252 e. The van der Waals surface area contributed by atoms with Crippen LogP contribution in [0.3, 0.4) is 0 Å². The highest BCUT2D eigenvalue weighted by Gasteiger charge is 2.21. The van der Waals surface area contributed by atoms with E-state index < -0.39 is 0 Å². The Morgan fingerprint density at radius 3 is 2.32 bits per heavy atom. The van der Waals surface area contributed by atoms with Crippen LogP contribution in [0, 0.1) is 0 Å². The van der Waals surface area contributed by atoms with Crippen molar-refractivity contribution in [2.24, 2.45) is 0 Å². The lowest BCUT2D eigenvalue weighted by Crippen LogP contribution is -2.38. The fourth-order valence-corrected chi connectivity index (χ4v) is 5.01. The van der Waals surface area contributed by atoms with E-state index in [9.17, 15) is 9.59 Å². The van der Waals surface area contributed by atoms with E-state index >= 15 is 0 Å². The number of rotatable bonds is 10. The van der Waals surface area contributed by atoms with Crippen LogP contribution in [-0.4, -0.2) is 60.1 Å². The molecule has 31 heavy (non-hydrogen) atoms. The molecule has 0 aliphatic carbocycles. The number of nitrogens with zero attached hydrogens (tertiary/aromatic N) is 2. The molecule has 2 amide bonds. The smallest absolute Gasteiger partial charge is 0.252 e. The van der Waals surface area contributed by atoms with Gasteiger partial charge in [0.15, 0.2) is 0 Å². The third-order valence-corrected chi connectivity index (χ3v) is 6.89. The van der Waals surface area contributed by atoms with Crippen LogP contribution >= 0.6 is 11.8 Å². The molecule has 0 unspecified atom stereocenters.